The minimum atomic E-state index is -1.34. The number of aromatic nitrogens is 2. The number of hydrogen-bond donors (Lipinski definition) is 2. The van der Waals surface area contributed by atoms with Crippen molar-refractivity contribution < 1.29 is 19.4 Å². The van der Waals surface area contributed by atoms with Gasteiger partial charge in [0.25, 0.3) is 5.91 Å². The number of hydrogen-bond acceptors (Lipinski definition) is 4. The fourth-order valence-corrected chi connectivity index (χ4v) is 4.29. The highest BCUT2D eigenvalue weighted by molar-refractivity contribution is 5.93. The van der Waals surface area contributed by atoms with Crippen LogP contribution in [-0.4, -0.2) is 32.4 Å². The van der Waals surface area contributed by atoms with Crippen molar-refractivity contribution in [1.82, 2.24) is 15.1 Å². The van der Waals surface area contributed by atoms with Crippen molar-refractivity contribution in [3.8, 4) is 17.0 Å². The van der Waals surface area contributed by atoms with E-state index in [2.05, 4.69) is 50.4 Å². The van der Waals surface area contributed by atoms with E-state index in [0.29, 0.717) is 24.5 Å². The van der Waals surface area contributed by atoms with E-state index < -0.39 is 11.6 Å². The standard InChI is InChI=1S/C33H37N3O4.C2H6/c1-22-18-24(12-17-29(22)40-33(5,6)31(38)39)20-34-30(37)28-19-27(25-13-15-26(16-14-25)32(2,3)4)35-36(28)21-23-10-8-7-9-11-23;1-2/h7-19H,20-21H2,1-6H3,(H,34,37)(H,38,39);1-2H3. The van der Waals surface area contributed by atoms with Gasteiger partial charge in [-0.1, -0.05) is 101 Å². The van der Waals surface area contributed by atoms with E-state index >= 15 is 0 Å². The quantitative estimate of drug-likeness (QED) is 0.219. The summed E-state index contributed by atoms with van der Waals surface area (Å²) >= 11 is 0. The minimum Gasteiger partial charge on any atom is -0.478 e. The van der Waals surface area contributed by atoms with Gasteiger partial charge < -0.3 is 15.2 Å². The van der Waals surface area contributed by atoms with Gasteiger partial charge in [0, 0.05) is 12.1 Å². The Bertz CT molecular complexity index is 1500. The summed E-state index contributed by atoms with van der Waals surface area (Å²) in [5.41, 5.74) is 4.80. The third kappa shape index (κ3) is 8.09. The summed E-state index contributed by atoms with van der Waals surface area (Å²) in [6.07, 6.45) is 0. The molecule has 1 aromatic heterocycles. The molecule has 0 aliphatic heterocycles. The third-order valence-electron chi connectivity index (χ3n) is 6.81. The van der Waals surface area contributed by atoms with Crippen LogP contribution in [0.2, 0.25) is 0 Å². The van der Waals surface area contributed by atoms with Crippen molar-refractivity contribution >= 4 is 11.9 Å². The second-order valence-corrected chi connectivity index (χ2v) is 11.6. The van der Waals surface area contributed by atoms with Crippen LogP contribution in [0.1, 0.15) is 81.2 Å². The zero-order valence-electron chi connectivity index (χ0n) is 26.0. The first-order valence-corrected chi connectivity index (χ1v) is 14.4. The molecule has 2 N–H and O–H groups in total. The fraction of sp³-hybridized carbons (Fsp3) is 0.343. The highest BCUT2D eigenvalue weighted by Gasteiger charge is 2.30. The van der Waals surface area contributed by atoms with Crippen LogP contribution in [0.4, 0.5) is 0 Å². The SMILES string of the molecule is CC.Cc1cc(CNC(=O)c2cc(-c3ccc(C(C)(C)C)cc3)nn2Cc2ccccc2)ccc1OC(C)(C)C(=O)O. The van der Waals surface area contributed by atoms with Crippen molar-refractivity contribution in [3.05, 3.63) is 107 Å². The lowest BCUT2D eigenvalue weighted by molar-refractivity contribution is -0.152. The molecule has 42 heavy (non-hydrogen) atoms. The predicted octanol–water partition coefficient (Wildman–Crippen LogP) is 7.40. The molecule has 1 amide bonds. The van der Waals surface area contributed by atoms with Gasteiger partial charge in [-0.05, 0) is 60.6 Å². The Morgan fingerprint density at radius 1 is 0.881 bits per heavy atom. The number of carbonyl (C=O) groups is 2. The number of carboxylic acid groups (broad SMARTS) is 1. The number of rotatable bonds is 9. The number of aryl methyl sites for hydroxylation is 1. The fourth-order valence-electron chi connectivity index (χ4n) is 4.29. The number of carboxylic acids is 1. The van der Waals surface area contributed by atoms with Crippen LogP contribution in [-0.2, 0) is 23.3 Å². The molecule has 0 bridgehead atoms. The highest BCUT2D eigenvalue weighted by atomic mass is 16.5. The van der Waals surface area contributed by atoms with Gasteiger partial charge in [-0.15, -0.1) is 0 Å². The molecular weight excluding hydrogens is 526 g/mol. The zero-order chi connectivity index (χ0) is 31.1. The third-order valence-corrected chi connectivity index (χ3v) is 6.81. The predicted molar refractivity (Wildman–Crippen MR) is 168 cm³/mol. The molecule has 0 aliphatic rings. The number of ether oxygens (including phenoxy) is 1. The van der Waals surface area contributed by atoms with Gasteiger partial charge in [0.05, 0.1) is 12.2 Å². The van der Waals surface area contributed by atoms with Gasteiger partial charge in [-0.2, -0.15) is 5.10 Å². The number of carbonyl (C=O) groups excluding carboxylic acids is 1. The second-order valence-electron chi connectivity index (χ2n) is 11.6. The second kappa shape index (κ2) is 13.5. The Hall–Kier alpha value is -4.39. The molecule has 222 valence electrons. The first kappa shape index (κ1) is 32.1. The average molecular weight is 570 g/mol. The lowest BCUT2D eigenvalue weighted by Crippen LogP contribution is -2.38. The lowest BCUT2D eigenvalue weighted by atomic mass is 9.86. The van der Waals surface area contributed by atoms with Crippen LogP contribution in [0, 0.1) is 6.92 Å². The van der Waals surface area contributed by atoms with E-state index in [-0.39, 0.29) is 11.3 Å². The maximum absolute atomic E-state index is 13.4. The van der Waals surface area contributed by atoms with E-state index in [4.69, 9.17) is 9.84 Å². The topological polar surface area (TPSA) is 93.5 Å². The molecule has 0 atom stereocenters. The largest absolute Gasteiger partial charge is 0.478 e. The number of aliphatic carboxylic acids is 1. The number of amides is 1. The molecule has 0 saturated carbocycles. The smallest absolute Gasteiger partial charge is 0.347 e. The summed E-state index contributed by atoms with van der Waals surface area (Å²) in [6.45, 7) is 16.2. The molecule has 0 fully saturated rings. The molecule has 0 aliphatic carbocycles. The molecule has 7 heteroatoms. The van der Waals surface area contributed by atoms with E-state index in [9.17, 15) is 14.7 Å². The maximum Gasteiger partial charge on any atom is 0.347 e. The summed E-state index contributed by atoms with van der Waals surface area (Å²) in [5.74, 6) is -0.781. The van der Waals surface area contributed by atoms with Gasteiger partial charge in [0.1, 0.15) is 11.4 Å². The summed E-state index contributed by atoms with van der Waals surface area (Å²) in [7, 11) is 0. The summed E-state index contributed by atoms with van der Waals surface area (Å²) in [6, 6.07) is 25.5. The van der Waals surface area contributed by atoms with Crippen molar-refractivity contribution in [2.45, 2.75) is 79.5 Å². The van der Waals surface area contributed by atoms with Crippen LogP contribution in [0.5, 0.6) is 5.75 Å². The van der Waals surface area contributed by atoms with Crippen molar-refractivity contribution in [1.29, 1.82) is 0 Å². The molecule has 0 saturated heterocycles. The van der Waals surface area contributed by atoms with Gasteiger partial charge in [-0.25, -0.2) is 4.79 Å². The molecule has 4 rings (SSSR count). The average Bonchev–Trinajstić information content (AvgIpc) is 3.38. The Kier molecular flexibility index (Phi) is 10.3. The Labute approximate surface area is 249 Å². The van der Waals surface area contributed by atoms with Crippen LogP contribution in [0.3, 0.4) is 0 Å². The van der Waals surface area contributed by atoms with E-state index in [1.165, 1.54) is 19.4 Å². The van der Waals surface area contributed by atoms with Gasteiger partial charge in [-0.3, -0.25) is 9.48 Å². The lowest BCUT2D eigenvalue weighted by Gasteiger charge is -2.23. The molecule has 0 radical (unpaired) electrons. The van der Waals surface area contributed by atoms with Crippen LogP contribution in [0.25, 0.3) is 11.3 Å². The van der Waals surface area contributed by atoms with Crippen LogP contribution >= 0.6 is 0 Å². The van der Waals surface area contributed by atoms with E-state index in [1.54, 1.807) is 10.7 Å². The minimum absolute atomic E-state index is 0.0470. The first-order valence-electron chi connectivity index (χ1n) is 14.4. The molecular formula is C35H43N3O4. The Balaban J connectivity index is 0.00000237. The molecule has 1 heterocycles. The van der Waals surface area contributed by atoms with Crippen molar-refractivity contribution in [2.75, 3.05) is 0 Å². The van der Waals surface area contributed by atoms with E-state index in [1.807, 2.05) is 69.3 Å². The Morgan fingerprint density at radius 2 is 1.52 bits per heavy atom. The number of nitrogens with one attached hydrogen (secondary N) is 1. The first-order chi connectivity index (χ1) is 19.8. The molecule has 7 nitrogen and oxygen atoms in total. The summed E-state index contributed by atoms with van der Waals surface area (Å²) in [5, 5.41) is 17.2. The highest BCUT2D eigenvalue weighted by Crippen LogP contribution is 2.27. The molecule has 0 unspecified atom stereocenters. The van der Waals surface area contributed by atoms with Crippen molar-refractivity contribution in [3.63, 3.8) is 0 Å². The summed E-state index contributed by atoms with van der Waals surface area (Å²) in [4.78, 5) is 24.8. The zero-order valence-corrected chi connectivity index (χ0v) is 26.0. The summed E-state index contributed by atoms with van der Waals surface area (Å²) < 4.78 is 7.43. The van der Waals surface area contributed by atoms with Gasteiger partial charge in [0.2, 0.25) is 0 Å². The Morgan fingerprint density at radius 3 is 2.10 bits per heavy atom. The number of benzene rings is 3. The molecule has 0 spiro atoms. The van der Waals surface area contributed by atoms with Crippen LogP contribution < -0.4 is 10.1 Å². The van der Waals surface area contributed by atoms with Crippen molar-refractivity contribution in [2.24, 2.45) is 0 Å². The van der Waals surface area contributed by atoms with Gasteiger partial charge in [0.15, 0.2) is 5.60 Å². The van der Waals surface area contributed by atoms with E-state index in [0.717, 1.165) is 27.9 Å². The normalized spacial score (nSPS) is 11.3. The van der Waals surface area contributed by atoms with Crippen LogP contribution in [0.15, 0.2) is 78.9 Å². The monoisotopic (exact) mass is 569 g/mol. The van der Waals surface area contributed by atoms with Gasteiger partial charge >= 0.3 is 5.97 Å². The maximum atomic E-state index is 13.4. The molecule has 4 aromatic rings. The molecule has 3 aromatic carbocycles. The number of nitrogens with zero attached hydrogens (tertiary/aromatic N) is 2.